The Morgan fingerprint density at radius 2 is 1.39 bits per heavy atom. The number of aryl methyl sites for hydroxylation is 2. The van der Waals surface area contributed by atoms with Gasteiger partial charge < -0.3 is 4.90 Å². The average molecular weight is 249 g/mol. The van der Waals surface area contributed by atoms with Crippen molar-refractivity contribution in [1.82, 2.24) is 4.90 Å². The molecule has 0 fully saturated rings. The minimum absolute atomic E-state index is 1.09. The molecule has 0 bridgehead atoms. The summed E-state index contributed by atoms with van der Waals surface area (Å²) < 4.78 is 0. The van der Waals surface area contributed by atoms with E-state index in [1.165, 1.54) is 11.1 Å². The highest BCUT2D eigenvalue weighted by molar-refractivity contribution is 5.23. The Morgan fingerprint density at radius 1 is 1.06 bits per heavy atom. The Morgan fingerprint density at radius 3 is 1.61 bits per heavy atom. The zero-order valence-corrected chi connectivity index (χ0v) is 13.4. The summed E-state index contributed by atoms with van der Waals surface area (Å²) in [5, 5.41) is 0. The van der Waals surface area contributed by atoms with Crippen LogP contribution >= 0.6 is 0 Å². The van der Waals surface area contributed by atoms with Crippen molar-refractivity contribution in [3.63, 3.8) is 0 Å². The smallest absolute Gasteiger partial charge is 0.00578 e. The van der Waals surface area contributed by atoms with Crippen LogP contribution in [0.25, 0.3) is 0 Å². The van der Waals surface area contributed by atoms with Crippen LogP contribution in [0.4, 0.5) is 0 Å². The first kappa shape index (κ1) is 19.1. The van der Waals surface area contributed by atoms with Crippen LogP contribution in [0.3, 0.4) is 0 Å². The van der Waals surface area contributed by atoms with Crippen molar-refractivity contribution in [1.29, 1.82) is 0 Å². The zero-order valence-electron chi connectivity index (χ0n) is 13.4. The summed E-state index contributed by atoms with van der Waals surface area (Å²) in [4.78, 5) is 1.97. The number of benzene rings is 1. The summed E-state index contributed by atoms with van der Waals surface area (Å²) in [5.41, 5.74) is 3.98. The lowest BCUT2D eigenvalue weighted by Crippen LogP contribution is -2.05. The lowest BCUT2D eigenvalue weighted by molar-refractivity contribution is 0.516. The molecule has 104 valence electrons. The van der Waals surface area contributed by atoms with E-state index in [0.29, 0.717) is 0 Å². The fraction of sp³-hybridized carbons (Fsp3) is 0.529. The van der Waals surface area contributed by atoms with Gasteiger partial charge in [0.15, 0.2) is 0 Å². The molecule has 0 heterocycles. The van der Waals surface area contributed by atoms with E-state index in [2.05, 4.69) is 44.7 Å². The molecule has 0 amide bonds. The third-order valence-corrected chi connectivity index (χ3v) is 2.57. The van der Waals surface area contributed by atoms with Crippen LogP contribution in [0.5, 0.6) is 0 Å². The van der Waals surface area contributed by atoms with Crippen molar-refractivity contribution >= 4 is 0 Å². The molecule has 0 spiro atoms. The summed E-state index contributed by atoms with van der Waals surface area (Å²) in [6, 6.07) is 8.77. The first-order valence-electron chi connectivity index (χ1n) is 6.91. The van der Waals surface area contributed by atoms with Crippen LogP contribution < -0.4 is 0 Å². The average Bonchev–Trinajstić information content (AvgIpc) is 2.41. The number of allylic oxidation sites excluding steroid dienone is 1. The number of hydrogen-bond donors (Lipinski definition) is 0. The van der Waals surface area contributed by atoms with Gasteiger partial charge in [-0.15, -0.1) is 0 Å². The molecule has 0 atom stereocenters. The lowest BCUT2D eigenvalue weighted by Gasteiger charge is -2.08. The predicted molar refractivity (Wildman–Crippen MR) is 85.0 cm³/mol. The summed E-state index contributed by atoms with van der Waals surface area (Å²) in [6.07, 6.45) is 2.29. The summed E-state index contributed by atoms with van der Waals surface area (Å²) in [5.74, 6) is 0. The maximum Gasteiger partial charge on any atom is 0.00578 e. The van der Waals surface area contributed by atoms with E-state index in [9.17, 15) is 0 Å². The van der Waals surface area contributed by atoms with Crippen molar-refractivity contribution in [2.45, 2.75) is 47.5 Å². The molecule has 1 aromatic carbocycles. The van der Waals surface area contributed by atoms with Crippen LogP contribution in [0, 0.1) is 0 Å². The molecule has 0 aromatic heterocycles. The van der Waals surface area contributed by atoms with Gasteiger partial charge in [-0.1, -0.05) is 58.5 Å². The van der Waals surface area contributed by atoms with Crippen LogP contribution in [0.1, 0.15) is 45.7 Å². The molecule has 18 heavy (non-hydrogen) atoms. The van der Waals surface area contributed by atoms with E-state index in [-0.39, 0.29) is 0 Å². The van der Waals surface area contributed by atoms with Gasteiger partial charge in [-0.25, -0.2) is 0 Å². The fourth-order valence-corrected chi connectivity index (χ4v) is 1.07. The standard InChI is InChI=1S/C10H14.C5H11N.C2H6/c1-3-9-6-5-7-10(4-2)8-9;1-5(2)6(3)4;1-2/h5-8H,3-4H2,1-2H3;1H2,2-4H3;1-2H3. The summed E-state index contributed by atoms with van der Waals surface area (Å²) in [6.45, 7) is 14.0. The molecule has 0 saturated heterocycles. The van der Waals surface area contributed by atoms with E-state index >= 15 is 0 Å². The minimum Gasteiger partial charge on any atom is -0.382 e. The fourth-order valence-electron chi connectivity index (χ4n) is 1.07. The Kier molecular flexibility index (Phi) is 13.0. The molecule has 0 aliphatic rings. The maximum absolute atomic E-state index is 3.68. The van der Waals surface area contributed by atoms with Crippen molar-refractivity contribution in [2.24, 2.45) is 0 Å². The first-order valence-corrected chi connectivity index (χ1v) is 6.91. The van der Waals surface area contributed by atoms with Crippen molar-refractivity contribution in [3.05, 3.63) is 47.7 Å². The Balaban J connectivity index is 0. The first-order chi connectivity index (χ1) is 8.51. The van der Waals surface area contributed by atoms with Crippen molar-refractivity contribution in [3.8, 4) is 0 Å². The van der Waals surface area contributed by atoms with Gasteiger partial charge in [-0.3, -0.25) is 0 Å². The largest absolute Gasteiger partial charge is 0.382 e. The van der Waals surface area contributed by atoms with Gasteiger partial charge in [0.05, 0.1) is 0 Å². The third kappa shape index (κ3) is 9.95. The Labute approximate surface area is 115 Å². The SMILES string of the molecule is C=C(C)N(C)C.CC.CCc1cccc(CC)c1. The van der Waals surface area contributed by atoms with Crippen molar-refractivity contribution in [2.75, 3.05) is 14.1 Å². The molecular weight excluding hydrogens is 218 g/mol. The second kappa shape index (κ2) is 12.2. The molecule has 1 heteroatoms. The number of rotatable bonds is 3. The lowest BCUT2D eigenvalue weighted by atomic mass is 10.1. The number of nitrogens with zero attached hydrogens (tertiary/aromatic N) is 1. The molecule has 0 N–H and O–H groups in total. The van der Waals surface area contributed by atoms with Gasteiger partial charge in [0.25, 0.3) is 0 Å². The molecular formula is C17H31N. The second-order valence-electron chi connectivity index (χ2n) is 4.16. The Hall–Kier alpha value is -1.24. The van der Waals surface area contributed by atoms with Gasteiger partial charge in [0.1, 0.15) is 0 Å². The van der Waals surface area contributed by atoms with Gasteiger partial charge in [-0.2, -0.15) is 0 Å². The van der Waals surface area contributed by atoms with E-state index in [1.807, 2.05) is 39.8 Å². The quantitative estimate of drug-likeness (QED) is 0.735. The van der Waals surface area contributed by atoms with Crippen LogP contribution in [0.2, 0.25) is 0 Å². The van der Waals surface area contributed by atoms with E-state index < -0.39 is 0 Å². The minimum atomic E-state index is 1.09. The third-order valence-electron chi connectivity index (χ3n) is 2.57. The van der Waals surface area contributed by atoms with E-state index in [0.717, 1.165) is 18.5 Å². The van der Waals surface area contributed by atoms with Gasteiger partial charge >= 0.3 is 0 Å². The predicted octanol–water partition coefficient (Wildman–Crippen LogP) is 4.92. The van der Waals surface area contributed by atoms with Gasteiger partial charge in [0.2, 0.25) is 0 Å². The monoisotopic (exact) mass is 249 g/mol. The van der Waals surface area contributed by atoms with E-state index in [1.54, 1.807) is 0 Å². The highest BCUT2D eigenvalue weighted by Crippen LogP contribution is 2.05. The molecule has 1 aromatic rings. The molecule has 1 rings (SSSR count). The summed E-state index contributed by atoms with van der Waals surface area (Å²) >= 11 is 0. The molecule has 0 aliphatic carbocycles. The van der Waals surface area contributed by atoms with Gasteiger partial charge in [0, 0.05) is 19.8 Å². The van der Waals surface area contributed by atoms with Crippen LogP contribution in [0.15, 0.2) is 36.5 Å². The highest BCUT2D eigenvalue weighted by atomic mass is 15.1. The molecule has 0 saturated carbocycles. The summed E-state index contributed by atoms with van der Waals surface area (Å²) in [7, 11) is 3.95. The molecule has 0 unspecified atom stereocenters. The van der Waals surface area contributed by atoms with Crippen molar-refractivity contribution < 1.29 is 0 Å². The molecule has 0 aliphatic heterocycles. The maximum atomic E-state index is 3.68. The zero-order chi connectivity index (χ0) is 14.6. The van der Waals surface area contributed by atoms with Crippen LogP contribution in [-0.2, 0) is 12.8 Å². The molecule has 1 nitrogen and oxygen atoms in total. The van der Waals surface area contributed by atoms with Crippen LogP contribution in [-0.4, -0.2) is 19.0 Å². The topological polar surface area (TPSA) is 3.24 Å². The van der Waals surface area contributed by atoms with E-state index in [4.69, 9.17) is 0 Å². The second-order valence-corrected chi connectivity index (χ2v) is 4.16. The molecule has 0 radical (unpaired) electrons. The number of hydrogen-bond acceptors (Lipinski definition) is 1. The van der Waals surface area contributed by atoms with Gasteiger partial charge in [-0.05, 0) is 30.9 Å². The Bertz CT molecular complexity index is 294. The normalized spacial score (nSPS) is 8.39. The highest BCUT2D eigenvalue weighted by Gasteiger charge is 1.89.